The molecule has 3 rings (SSSR count). The molecule has 0 bridgehead atoms. The van der Waals surface area contributed by atoms with E-state index in [-0.39, 0.29) is 18.6 Å². The number of nitrogens with zero attached hydrogens (tertiary/aromatic N) is 2. The molecule has 2 saturated heterocycles. The summed E-state index contributed by atoms with van der Waals surface area (Å²) in [6, 6.07) is 9.89. The van der Waals surface area contributed by atoms with Crippen molar-refractivity contribution in [1.82, 2.24) is 8.61 Å². The molecule has 1 atom stereocenters. The summed E-state index contributed by atoms with van der Waals surface area (Å²) < 4.78 is 33.8. The zero-order valence-electron chi connectivity index (χ0n) is 13.2. The Morgan fingerprint density at radius 2 is 1.87 bits per heavy atom. The van der Waals surface area contributed by atoms with E-state index in [9.17, 15) is 8.42 Å². The van der Waals surface area contributed by atoms with Crippen LogP contribution in [-0.2, 0) is 21.6 Å². The Morgan fingerprint density at radius 3 is 2.57 bits per heavy atom. The molecule has 1 aromatic carbocycles. The van der Waals surface area contributed by atoms with Gasteiger partial charge in [-0.1, -0.05) is 30.3 Å². The van der Waals surface area contributed by atoms with E-state index in [4.69, 9.17) is 9.84 Å². The molecule has 6 nitrogen and oxygen atoms in total. The van der Waals surface area contributed by atoms with Crippen molar-refractivity contribution in [1.29, 1.82) is 0 Å². The molecule has 2 aliphatic rings. The van der Waals surface area contributed by atoms with Gasteiger partial charge in [0.25, 0.3) is 10.2 Å². The predicted molar refractivity (Wildman–Crippen MR) is 86.9 cm³/mol. The lowest BCUT2D eigenvalue weighted by molar-refractivity contribution is -0.0313. The minimum atomic E-state index is -3.36. The van der Waals surface area contributed by atoms with Gasteiger partial charge in [0.2, 0.25) is 0 Å². The third-order valence-corrected chi connectivity index (χ3v) is 6.52. The predicted octanol–water partition coefficient (Wildman–Crippen LogP) is 0.836. The van der Waals surface area contributed by atoms with E-state index >= 15 is 0 Å². The Labute approximate surface area is 137 Å². The van der Waals surface area contributed by atoms with Crippen molar-refractivity contribution in [3.8, 4) is 0 Å². The molecule has 0 aliphatic carbocycles. The van der Waals surface area contributed by atoms with Gasteiger partial charge < -0.3 is 9.84 Å². The highest BCUT2D eigenvalue weighted by molar-refractivity contribution is 7.86. The summed E-state index contributed by atoms with van der Waals surface area (Å²) in [6.45, 7) is 2.57. The third-order valence-electron chi connectivity index (χ3n) is 4.58. The summed E-state index contributed by atoms with van der Waals surface area (Å²) >= 11 is 0. The van der Waals surface area contributed by atoms with Crippen LogP contribution >= 0.6 is 0 Å². The molecule has 0 amide bonds. The lowest BCUT2D eigenvalue weighted by atomic mass is 10.1. The van der Waals surface area contributed by atoms with E-state index in [1.54, 1.807) is 4.31 Å². The fourth-order valence-corrected chi connectivity index (χ4v) is 4.84. The minimum Gasteiger partial charge on any atom is -0.396 e. The van der Waals surface area contributed by atoms with Gasteiger partial charge >= 0.3 is 0 Å². The molecule has 2 aliphatic heterocycles. The smallest absolute Gasteiger partial charge is 0.282 e. The maximum atomic E-state index is 12.5. The third kappa shape index (κ3) is 3.92. The Bertz CT molecular complexity index is 602. The van der Waals surface area contributed by atoms with Gasteiger partial charge in [-0.3, -0.25) is 0 Å². The number of ether oxygens (including phenoxy) is 1. The van der Waals surface area contributed by atoms with E-state index in [1.165, 1.54) is 4.31 Å². The van der Waals surface area contributed by atoms with Crippen LogP contribution < -0.4 is 0 Å². The van der Waals surface area contributed by atoms with Crippen molar-refractivity contribution in [2.24, 2.45) is 5.92 Å². The van der Waals surface area contributed by atoms with Crippen LogP contribution in [0, 0.1) is 5.92 Å². The second kappa shape index (κ2) is 7.27. The molecule has 7 heteroatoms. The fraction of sp³-hybridized carbons (Fsp3) is 0.625. The highest BCUT2D eigenvalue weighted by atomic mass is 32.2. The maximum Gasteiger partial charge on any atom is 0.282 e. The second-order valence-electron chi connectivity index (χ2n) is 6.27. The summed E-state index contributed by atoms with van der Waals surface area (Å²) in [7, 11) is -3.36. The average molecular weight is 340 g/mol. The van der Waals surface area contributed by atoms with E-state index in [0.717, 1.165) is 12.0 Å². The minimum absolute atomic E-state index is 0.0270. The summed E-state index contributed by atoms with van der Waals surface area (Å²) in [5.74, 6) is 0.279. The zero-order valence-corrected chi connectivity index (χ0v) is 14.0. The molecule has 1 N–H and O–H groups in total. The number of benzene rings is 1. The maximum absolute atomic E-state index is 12.5. The van der Waals surface area contributed by atoms with E-state index < -0.39 is 10.2 Å². The van der Waals surface area contributed by atoms with Crippen molar-refractivity contribution in [3.05, 3.63) is 35.9 Å². The van der Waals surface area contributed by atoms with Gasteiger partial charge in [0.05, 0.1) is 12.7 Å². The van der Waals surface area contributed by atoms with Crippen molar-refractivity contribution in [2.45, 2.75) is 25.6 Å². The molecule has 0 unspecified atom stereocenters. The summed E-state index contributed by atoms with van der Waals surface area (Å²) in [6.07, 6.45) is 1.48. The van der Waals surface area contributed by atoms with Crippen molar-refractivity contribution in [2.75, 3.05) is 32.8 Å². The Hall–Kier alpha value is -0.990. The van der Waals surface area contributed by atoms with Crippen LogP contribution in [0.2, 0.25) is 0 Å². The second-order valence-corrected chi connectivity index (χ2v) is 8.20. The molecule has 0 spiro atoms. The van der Waals surface area contributed by atoms with Gasteiger partial charge in [0, 0.05) is 32.8 Å². The van der Waals surface area contributed by atoms with Gasteiger partial charge in [-0.2, -0.15) is 17.0 Å². The molecular formula is C16H24N2O4S. The number of aliphatic hydroxyl groups is 1. The molecule has 2 heterocycles. The largest absolute Gasteiger partial charge is 0.396 e. The Kier molecular flexibility index (Phi) is 5.33. The standard InChI is InChI=1S/C16H24N2O4S/c19-9-7-14-6-8-17(10-14)23(20,21)18-11-16(12-18)22-13-15-4-2-1-3-5-15/h1-5,14,16,19H,6-13H2/t14-/m1/s1. The monoisotopic (exact) mass is 340 g/mol. The van der Waals surface area contributed by atoms with Crippen LogP contribution in [0.4, 0.5) is 0 Å². The van der Waals surface area contributed by atoms with Crippen LogP contribution in [0.3, 0.4) is 0 Å². The van der Waals surface area contributed by atoms with Crippen LogP contribution in [0.1, 0.15) is 18.4 Å². The molecule has 0 radical (unpaired) electrons. The lowest BCUT2D eigenvalue weighted by Crippen LogP contribution is -2.58. The summed E-state index contributed by atoms with van der Waals surface area (Å²) in [5, 5.41) is 8.98. The van der Waals surface area contributed by atoms with Gasteiger partial charge in [-0.25, -0.2) is 0 Å². The number of aliphatic hydroxyl groups excluding tert-OH is 1. The topological polar surface area (TPSA) is 70.1 Å². The van der Waals surface area contributed by atoms with Crippen LogP contribution in [0.25, 0.3) is 0 Å². The first-order chi connectivity index (χ1) is 11.1. The SMILES string of the molecule is O=S(=O)(N1CC(OCc2ccccc2)C1)N1CC[C@H](CCO)C1. The molecule has 0 saturated carbocycles. The van der Waals surface area contributed by atoms with Gasteiger partial charge in [0.15, 0.2) is 0 Å². The fourth-order valence-electron chi connectivity index (χ4n) is 3.07. The molecule has 128 valence electrons. The quantitative estimate of drug-likeness (QED) is 0.798. The van der Waals surface area contributed by atoms with Crippen LogP contribution in [0.15, 0.2) is 30.3 Å². The zero-order chi connectivity index (χ0) is 16.3. The van der Waals surface area contributed by atoms with Crippen molar-refractivity contribution >= 4 is 10.2 Å². The molecule has 1 aromatic rings. The molecule has 0 aromatic heterocycles. The first-order valence-electron chi connectivity index (χ1n) is 8.11. The van der Waals surface area contributed by atoms with Crippen molar-refractivity contribution in [3.63, 3.8) is 0 Å². The van der Waals surface area contributed by atoms with E-state index in [2.05, 4.69) is 0 Å². The van der Waals surface area contributed by atoms with Crippen LogP contribution in [-0.4, -0.2) is 61.0 Å². The molecule has 2 fully saturated rings. The first kappa shape index (κ1) is 16.9. The average Bonchev–Trinajstić information content (AvgIpc) is 2.96. The van der Waals surface area contributed by atoms with E-state index in [1.807, 2.05) is 30.3 Å². The summed E-state index contributed by atoms with van der Waals surface area (Å²) in [5.41, 5.74) is 1.10. The highest BCUT2D eigenvalue weighted by Gasteiger charge is 2.42. The van der Waals surface area contributed by atoms with E-state index in [0.29, 0.717) is 39.2 Å². The summed E-state index contributed by atoms with van der Waals surface area (Å²) in [4.78, 5) is 0. The van der Waals surface area contributed by atoms with Gasteiger partial charge in [-0.05, 0) is 24.3 Å². The lowest BCUT2D eigenvalue weighted by Gasteiger charge is -2.39. The molecular weight excluding hydrogens is 316 g/mol. The van der Waals surface area contributed by atoms with Crippen molar-refractivity contribution < 1.29 is 18.3 Å². The highest BCUT2D eigenvalue weighted by Crippen LogP contribution is 2.27. The first-order valence-corrected chi connectivity index (χ1v) is 9.51. The van der Waals surface area contributed by atoms with Gasteiger partial charge in [-0.15, -0.1) is 0 Å². The normalized spacial score (nSPS) is 24.0. The molecule has 23 heavy (non-hydrogen) atoms. The van der Waals surface area contributed by atoms with Crippen LogP contribution in [0.5, 0.6) is 0 Å². The van der Waals surface area contributed by atoms with Gasteiger partial charge in [0.1, 0.15) is 0 Å². The number of hydrogen-bond acceptors (Lipinski definition) is 4. The number of rotatable bonds is 7. The Morgan fingerprint density at radius 1 is 1.13 bits per heavy atom. The Balaban J connectivity index is 1.45. The number of hydrogen-bond donors (Lipinski definition) is 1.